The van der Waals surface area contributed by atoms with Gasteiger partial charge >= 0.3 is 6.61 Å². The summed E-state index contributed by atoms with van der Waals surface area (Å²) in [6.07, 6.45) is 0. The predicted octanol–water partition coefficient (Wildman–Crippen LogP) is 4.25. The van der Waals surface area contributed by atoms with Crippen molar-refractivity contribution in [2.75, 3.05) is 13.7 Å². The van der Waals surface area contributed by atoms with Gasteiger partial charge in [0.25, 0.3) is 5.91 Å². The van der Waals surface area contributed by atoms with Crippen molar-refractivity contribution in [2.24, 2.45) is 0 Å². The number of H-pyrrole nitrogens is 1. The van der Waals surface area contributed by atoms with Crippen LogP contribution >= 0.6 is 0 Å². The van der Waals surface area contributed by atoms with E-state index in [9.17, 15) is 13.6 Å². The molecule has 3 rings (SSSR count). The smallest absolute Gasteiger partial charge is 0.387 e. The molecule has 0 atom stereocenters. The molecule has 0 saturated carbocycles. The Kier molecular flexibility index (Phi) is 6.16. The number of halogens is 2. The van der Waals surface area contributed by atoms with E-state index in [0.29, 0.717) is 23.6 Å². The van der Waals surface area contributed by atoms with E-state index >= 15 is 0 Å². The number of alkyl halides is 2. The summed E-state index contributed by atoms with van der Waals surface area (Å²) in [5, 5.41) is 6.84. The molecule has 0 radical (unpaired) electrons. The molecule has 0 unspecified atom stereocenters. The monoisotopic (exact) mass is 405 g/mol. The van der Waals surface area contributed by atoms with E-state index in [1.807, 2.05) is 13.0 Å². The Morgan fingerprint density at radius 1 is 1.24 bits per heavy atom. The van der Waals surface area contributed by atoms with Crippen LogP contribution in [-0.2, 0) is 6.54 Å². The van der Waals surface area contributed by atoms with Crippen molar-refractivity contribution >= 4 is 5.91 Å². The zero-order valence-electron chi connectivity index (χ0n) is 16.2. The zero-order chi connectivity index (χ0) is 21.0. The van der Waals surface area contributed by atoms with Crippen molar-refractivity contribution in [3.63, 3.8) is 0 Å². The number of hydrogen-bond acceptors (Lipinski definition) is 5. The van der Waals surface area contributed by atoms with Gasteiger partial charge in [-0.25, -0.2) is 0 Å². The number of aryl methyl sites for hydroxylation is 1. The lowest BCUT2D eigenvalue weighted by Crippen LogP contribution is -2.26. The topological polar surface area (TPSA) is 80.6 Å². The van der Waals surface area contributed by atoms with E-state index in [1.165, 1.54) is 11.0 Å². The van der Waals surface area contributed by atoms with Gasteiger partial charge in [0.2, 0.25) is 0 Å². The minimum Gasteiger partial charge on any atom is -0.490 e. The first-order valence-corrected chi connectivity index (χ1v) is 8.95. The molecule has 0 fully saturated rings. The summed E-state index contributed by atoms with van der Waals surface area (Å²) in [5.74, 6) is 1.19. The first-order valence-electron chi connectivity index (χ1n) is 8.95. The number of benzene rings is 1. The van der Waals surface area contributed by atoms with Crippen molar-refractivity contribution < 1.29 is 27.5 Å². The fourth-order valence-electron chi connectivity index (χ4n) is 2.79. The summed E-state index contributed by atoms with van der Waals surface area (Å²) in [7, 11) is 1.62. The fourth-order valence-corrected chi connectivity index (χ4v) is 2.79. The summed E-state index contributed by atoms with van der Waals surface area (Å²) in [6.45, 7) is 1.14. The maximum absolute atomic E-state index is 12.7. The summed E-state index contributed by atoms with van der Waals surface area (Å²) >= 11 is 0. The fraction of sp³-hybridized carbons (Fsp3) is 0.300. The highest BCUT2D eigenvalue weighted by Crippen LogP contribution is 2.30. The molecule has 2 aromatic heterocycles. The SMILES string of the molecule is CCOc1cc(CN(C)C(=O)c2cc(-c3ccc(C)o3)[nH]n2)ccc1OC(F)F. The molecule has 0 aliphatic carbocycles. The predicted molar refractivity (Wildman–Crippen MR) is 101 cm³/mol. The second-order valence-electron chi connectivity index (χ2n) is 6.33. The molecule has 1 aromatic carbocycles. The molecule has 0 aliphatic rings. The van der Waals surface area contributed by atoms with Crippen LogP contribution in [0.1, 0.15) is 28.7 Å². The van der Waals surface area contributed by atoms with Crippen LogP contribution in [0.4, 0.5) is 8.78 Å². The second-order valence-corrected chi connectivity index (χ2v) is 6.33. The molecular weight excluding hydrogens is 384 g/mol. The van der Waals surface area contributed by atoms with E-state index in [2.05, 4.69) is 14.9 Å². The van der Waals surface area contributed by atoms with Gasteiger partial charge in [-0.15, -0.1) is 0 Å². The Labute approximate surface area is 166 Å². The van der Waals surface area contributed by atoms with E-state index in [1.54, 1.807) is 38.2 Å². The highest BCUT2D eigenvalue weighted by atomic mass is 19.3. The number of carbonyl (C=O) groups is 1. The summed E-state index contributed by atoms with van der Waals surface area (Å²) in [5.41, 5.74) is 1.53. The molecule has 0 spiro atoms. The first-order chi connectivity index (χ1) is 13.9. The zero-order valence-corrected chi connectivity index (χ0v) is 16.2. The van der Waals surface area contributed by atoms with Crippen LogP contribution in [0.2, 0.25) is 0 Å². The van der Waals surface area contributed by atoms with Gasteiger partial charge in [-0.05, 0) is 43.7 Å². The van der Waals surface area contributed by atoms with E-state index in [-0.39, 0.29) is 29.6 Å². The maximum Gasteiger partial charge on any atom is 0.387 e. The second kappa shape index (κ2) is 8.76. The molecule has 3 aromatic rings. The lowest BCUT2D eigenvalue weighted by molar-refractivity contribution is -0.0514. The van der Waals surface area contributed by atoms with Crippen molar-refractivity contribution in [1.82, 2.24) is 15.1 Å². The van der Waals surface area contributed by atoms with Crippen LogP contribution < -0.4 is 9.47 Å². The summed E-state index contributed by atoms with van der Waals surface area (Å²) < 4.78 is 40.4. The number of amides is 1. The van der Waals surface area contributed by atoms with Crippen LogP contribution in [-0.4, -0.2) is 41.3 Å². The standard InChI is InChI=1S/C20H21F2N3O4/c1-4-27-18-9-13(6-8-17(18)29-20(21)22)11-25(3)19(26)15-10-14(23-24-15)16-7-5-12(2)28-16/h5-10,20H,4,11H2,1-3H3,(H,23,24). The largest absolute Gasteiger partial charge is 0.490 e. The van der Waals surface area contributed by atoms with Gasteiger partial charge in [-0.3, -0.25) is 9.89 Å². The van der Waals surface area contributed by atoms with Crippen molar-refractivity contribution in [1.29, 1.82) is 0 Å². The number of hydrogen-bond donors (Lipinski definition) is 1. The van der Waals surface area contributed by atoms with Gasteiger partial charge in [0.05, 0.1) is 6.61 Å². The molecule has 154 valence electrons. The highest BCUT2D eigenvalue weighted by Gasteiger charge is 2.18. The quantitative estimate of drug-likeness (QED) is 0.606. The molecule has 7 nitrogen and oxygen atoms in total. The Balaban J connectivity index is 1.72. The molecule has 0 bridgehead atoms. The Morgan fingerprint density at radius 2 is 2.03 bits per heavy atom. The number of nitrogens with one attached hydrogen (secondary N) is 1. The number of ether oxygens (including phenoxy) is 2. The third-order valence-corrected chi connectivity index (χ3v) is 4.09. The van der Waals surface area contributed by atoms with Gasteiger partial charge in [0.1, 0.15) is 11.5 Å². The van der Waals surface area contributed by atoms with Crippen LogP contribution in [0.3, 0.4) is 0 Å². The molecule has 0 aliphatic heterocycles. The number of carbonyl (C=O) groups excluding carboxylic acids is 1. The first kappa shape index (κ1) is 20.4. The normalized spacial score (nSPS) is 11.0. The third kappa shape index (κ3) is 4.92. The molecule has 29 heavy (non-hydrogen) atoms. The van der Waals surface area contributed by atoms with Gasteiger partial charge in [0.15, 0.2) is 23.0 Å². The minimum absolute atomic E-state index is 0.0507. The van der Waals surface area contributed by atoms with Crippen molar-refractivity contribution in [2.45, 2.75) is 27.0 Å². The maximum atomic E-state index is 12.7. The molecular formula is C20H21F2N3O4. The van der Waals surface area contributed by atoms with E-state index < -0.39 is 6.61 Å². The Morgan fingerprint density at radius 3 is 2.69 bits per heavy atom. The summed E-state index contributed by atoms with van der Waals surface area (Å²) in [4.78, 5) is 14.1. The number of nitrogens with zero attached hydrogens (tertiary/aromatic N) is 2. The van der Waals surface area contributed by atoms with Gasteiger partial charge < -0.3 is 18.8 Å². The molecule has 0 saturated heterocycles. The number of furan rings is 1. The van der Waals surface area contributed by atoms with E-state index in [0.717, 1.165) is 5.76 Å². The van der Waals surface area contributed by atoms with Crippen molar-refractivity contribution in [3.8, 4) is 23.0 Å². The van der Waals surface area contributed by atoms with Gasteiger partial charge in [-0.2, -0.15) is 13.9 Å². The minimum atomic E-state index is -2.95. The van der Waals surface area contributed by atoms with Gasteiger partial charge in [0, 0.05) is 19.7 Å². The van der Waals surface area contributed by atoms with Gasteiger partial charge in [-0.1, -0.05) is 6.07 Å². The lowest BCUT2D eigenvalue weighted by atomic mass is 10.2. The number of aromatic nitrogens is 2. The average Bonchev–Trinajstić information content (AvgIpc) is 3.32. The Bertz CT molecular complexity index is 984. The number of aromatic amines is 1. The highest BCUT2D eigenvalue weighted by molar-refractivity contribution is 5.93. The van der Waals surface area contributed by atoms with Crippen molar-refractivity contribution in [3.05, 3.63) is 53.4 Å². The molecule has 1 N–H and O–H groups in total. The summed E-state index contributed by atoms with van der Waals surface area (Å²) in [6, 6.07) is 9.80. The van der Waals surface area contributed by atoms with Crippen LogP contribution in [0.5, 0.6) is 11.5 Å². The molecule has 1 amide bonds. The van der Waals surface area contributed by atoms with E-state index in [4.69, 9.17) is 9.15 Å². The van der Waals surface area contributed by atoms with Crippen LogP contribution in [0.25, 0.3) is 11.5 Å². The van der Waals surface area contributed by atoms with Crippen LogP contribution in [0.15, 0.2) is 40.8 Å². The lowest BCUT2D eigenvalue weighted by Gasteiger charge is -2.18. The van der Waals surface area contributed by atoms with Crippen LogP contribution in [0, 0.1) is 6.92 Å². The average molecular weight is 405 g/mol. The Hall–Kier alpha value is -3.36. The molecule has 2 heterocycles. The molecule has 9 heteroatoms. The number of rotatable bonds is 8. The third-order valence-electron chi connectivity index (χ3n) is 4.09.